The number of pyridine rings is 1. The van der Waals surface area contributed by atoms with Crippen LogP contribution in [0.25, 0.3) is 0 Å². The van der Waals surface area contributed by atoms with Crippen molar-refractivity contribution in [2.75, 3.05) is 5.73 Å². The van der Waals surface area contributed by atoms with Gasteiger partial charge in [-0.05, 0) is 13.0 Å². The van der Waals surface area contributed by atoms with Crippen LogP contribution in [0.4, 0.5) is 19.0 Å². The van der Waals surface area contributed by atoms with Gasteiger partial charge in [-0.15, -0.1) is 0 Å². The van der Waals surface area contributed by atoms with Crippen LogP contribution in [-0.2, 0) is 6.18 Å². The molecule has 0 aromatic carbocycles. The lowest BCUT2D eigenvalue weighted by molar-refractivity contribution is -0.137. The number of hydrogen-bond acceptors (Lipinski definition) is 3. The highest BCUT2D eigenvalue weighted by Gasteiger charge is 2.31. The lowest BCUT2D eigenvalue weighted by Gasteiger charge is -2.12. The predicted molar refractivity (Wildman–Crippen MR) is 46.3 cm³/mol. The first-order valence-electron chi connectivity index (χ1n) is 3.90. The lowest BCUT2D eigenvalue weighted by Crippen LogP contribution is -2.13. The van der Waals surface area contributed by atoms with Gasteiger partial charge in [-0.3, -0.25) is 0 Å². The van der Waals surface area contributed by atoms with Crippen molar-refractivity contribution < 1.29 is 13.2 Å². The van der Waals surface area contributed by atoms with Gasteiger partial charge < -0.3 is 11.5 Å². The second-order valence-electron chi connectivity index (χ2n) is 2.98. The summed E-state index contributed by atoms with van der Waals surface area (Å²) in [6, 6.07) is 0.359. The fourth-order valence-corrected chi connectivity index (χ4v) is 1.01. The number of hydrogen-bond donors (Lipinski definition) is 2. The van der Waals surface area contributed by atoms with Crippen LogP contribution in [0, 0.1) is 0 Å². The Balaban J connectivity index is 3.20. The highest BCUT2D eigenvalue weighted by atomic mass is 19.4. The number of nitrogen functional groups attached to an aromatic ring is 1. The quantitative estimate of drug-likeness (QED) is 0.733. The van der Waals surface area contributed by atoms with E-state index in [2.05, 4.69) is 4.98 Å². The first kappa shape index (κ1) is 10.8. The van der Waals surface area contributed by atoms with Crippen LogP contribution < -0.4 is 11.5 Å². The number of aromatic nitrogens is 1. The molecule has 14 heavy (non-hydrogen) atoms. The van der Waals surface area contributed by atoms with Gasteiger partial charge in [-0.25, -0.2) is 4.98 Å². The van der Waals surface area contributed by atoms with Crippen molar-refractivity contribution in [1.29, 1.82) is 0 Å². The minimum atomic E-state index is -4.41. The lowest BCUT2D eigenvalue weighted by atomic mass is 10.1. The van der Waals surface area contributed by atoms with E-state index in [1.54, 1.807) is 6.92 Å². The number of rotatable bonds is 1. The molecular weight excluding hydrogens is 195 g/mol. The van der Waals surface area contributed by atoms with Gasteiger partial charge in [0.2, 0.25) is 0 Å². The van der Waals surface area contributed by atoms with Crippen molar-refractivity contribution in [3.05, 3.63) is 23.4 Å². The molecule has 78 valence electrons. The molecule has 6 heteroatoms. The summed E-state index contributed by atoms with van der Waals surface area (Å²) in [5.74, 6) is 0.0352. The van der Waals surface area contributed by atoms with E-state index in [0.717, 1.165) is 6.07 Å². The molecule has 1 heterocycles. The maximum atomic E-state index is 12.2. The van der Waals surface area contributed by atoms with Gasteiger partial charge in [0.05, 0.1) is 5.56 Å². The van der Waals surface area contributed by atoms with E-state index in [-0.39, 0.29) is 11.4 Å². The smallest absolute Gasteiger partial charge is 0.383 e. The Morgan fingerprint density at radius 1 is 1.43 bits per heavy atom. The molecule has 1 aromatic rings. The number of halogens is 3. The Morgan fingerprint density at radius 3 is 2.43 bits per heavy atom. The second kappa shape index (κ2) is 3.45. The Labute approximate surface area is 78.9 Å². The minimum Gasteiger partial charge on any atom is -0.383 e. The van der Waals surface area contributed by atoms with Gasteiger partial charge in [-0.2, -0.15) is 13.2 Å². The summed E-state index contributed by atoms with van der Waals surface area (Å²) in [7, 11) is 0. The molecule has 1 atom stereocenters. The molecular formula is C8H10F3N3. The third-order valence-corrected chi connectivity index (χ3v) is 1.77. The molecule has 3 nitrogen and oxygen atoms in total. The van der Waals surface area contributed by atoms with Gasteiger partial charge >= 0.3 is 6.18 Å². The largest absolute Gasteiger partial charge is 0.417 e. The molecule has 0 bridgehead atoms. The molecule has 1 aromatic heterocycles. The van der Waals surface area contributed by atoms with E-state index >= 15 is 0 Å². The molecule has 0 fully saturated rings. The first-order chi connectivity index (χ1) is 6.32. The average molecular weight is 205 g/mol. The zero-order chi connectivity index (χ0) is 10.9. The summed E-state index contributed by atoms with van der Waals surface area (Å²) in [6.07, 6.45) is -3.72. The zero-order valence-electron chi connectivity index (χ0n) is 7.47. The molecule has 0 aliphatic carbocycles. The third-order valence-electron chi connectivity index (χ3n) is 1.77. The van der Waals surface area contributed by atoms with Crippen molar-refractivity contribution in [3.8, 4) is 0 Å². The number of nitrogens with two attached hydrogens (primary N) is 2. The van der Waals surface area contributed by atoms with Crippen molar-refractivity contribution in [1.82, 2.24) is 4.98 Å². The molecule has 0 saturated carbocycles. The maximum absolute atomic E-state index is 12.2. The van der Waals surface area contributed by atoms with Gasteiger partial charge in [0.25, 0.3) is 0 Å². The Morgan fingerprint density at radius 2 is 2.00 bits per heavy atom. The normalized spacial score (nSPS) is 14.1. The summed E-state index contributed by atoms with van der Waals surface area (Å²) < 4.78 is 36.7. The topological polar surface area (TPSA) is 64.9 Å². The molecule has 0 saturated heterocycles. The van der Waals surface area contributed by atoms with Crippen molar-refractivity contribution in [3.63, 3.8) is 0 Å². The predicted octanol–water partition coefficient (Wildman–Crippen LogP) is 1.70. The molecule has 0 amide bonds. The molecule has 0 spiro atoms. The molecule has 0 unspecified atom stereocenters. The van der Waals surface area contributed by atoms with E-state index in [1.165, 1.54) is 0 Å². The molecule has 1 rings (SSSR count). The highest BCUT2D eigenvalue weighted by Crippen LogP contribution is 2.31. The Kier molecular flexibility index (Phi) is 2.66. The van der Waals surface area contributed by atoms with E-state index < -0.39 is 17.8 Å². The van der Waals surface area contributed by atoms with Gasteiger partial charge in [0.15, 0.2) is 0 Å². The highest BCUT2D eigenvalue weighted by molar-refractivity contribution is 5.43. The van der Waals surface area contributed by atoms with E-state index in [1.807, 2.05) is 0 Å². The molecule has 0 aliphatic heterocycles. The van der Waals surface area contributed by atoms with Crippen molar-refractivity contribution in [2.24, 2.45) is 5.73 Å². The zero-order valence-corrected chi connectivity index (χ0v) is 7.47. The van der Waals surface area contributed by atoms with Gasteiger partial charge in [-0.1, -0.05) is 0 Å². The molecule has 0 aliphatic rings. The SMILES string of the molecule is C[C@@H](N)c1cc(C(F)(F)F)cnc1N. The van der Waals surface area contributed by atoms with Crippen LogP contribution in [0.15, 0.2) is 12.3 Å². The summed E-state index contributed by atoms with van der Waals surface area (Å²) in [5.41, 5.74) is 10.2. The summed E-state index contributed by atoms with van der Waals surface area (Å²) in [6.45, 7) is 1.55. The summed E-state index contributed by atoms with van der Waals surface area (Å²) in [5, 5.41) is 0. The monoisotopic (exact) mass is 205 g/mol. The summed E-state index contributed by atoms with van der Waals surface area (Å²) in [4.78, 5) is 3.44. The number of nitrogens with zero attached hydrogens (tertiary/aromatic N) is 1. The third kappa shape index (κ3) is 2.14. The Bertz CT molecular complexity index is 333. The fourth-order valence-electron chi connectivity index (χ4n) is 1.01. The van der Waals surface area contributed by atoms with E-state index in [4.69, 9.17) is 11.5 Å². The van der Waals surface area contributed by atoms with Gasteiger partial charge in [0, 0.05) is 17.8 Å². The average Bonchev–Trinajstić information content (AvgIpc) is 2.02. The standard InChI is InChI=1S/C8H10F3N3/c1-4(12)6-2-5(8(9,10)11)3-14-7(6)13/h2-4H,12H2,1H3,(H2,13,14)/t4-/m1/s1. The van der Waals surface area contributed by atoms with Crippen LogP contribution in [-0.4, -0.2) is 4.98 Å². The fraction of sp³-hybridized carbons (Fsp3) is 0.375. The van der Waals surface area contributed by atoms with Gasteiger partial charge in [0.1, 0.15) is 5.82 Å². The van der Waals surface area contributed by atoms with Crippen LogP contribution in [0.3, 0.4) is 0 Å². The Hall–Kier alpha value is -1.30. The first-order valence-corrected chi connectivity index (χ1v) is 3.90. The van der Waals surface area contributed by atoms with Crippen LogP contribution in [0.1, 0.15) is 24.1 Å². The van der Waals surface area contributed by atoms with Crippen molar-refractivity contribution >= 4 is 5.82 Å². The summed E-state index contributed by atoms with van der Waals surface area (Å²) >= 11 is 0. The second-order valence-corrected chi connectivity index (χ2v) is 2.98. The van der Waals surface area contributed by atoms with Crippen molar-refractivity contribution in [2.45, 2.75) is 19.1 Å². The molecule has 4 N–H and O–H groups in total. The minimum absolute atomic E-state index is 0.0352. The maximum Gasteiger partial charge on any atom is 0.417 e. The van der Waals surface area contributed by atoms with E-state index in [9.17, 15) is 13.2 Å². The van der Waals surface area contributed by atoms with E-state index in [0.29, 0.717) is 6.20 Å². The number of anilines is 1. The van der Waals surface area contributed by atoms with Crippen LogP contribution in [0.5, 0.6) is 0 Å². The van der Waals surface area contributed by atoms with Crippen LogP contribution in [0.2, 0.25) is 0 Å². The molecule has 0 radical (unpaired) electrons. The van der Waals surface area contributed by atoms with Crippen LogP contribution >= 0.6 is 0 Å². The number of alkyl halides is 3.